The average molecular weight is 452 g/mol. The SMILES string of the molecule is COc1ccc(C(=O)Nc2ccc(F)c([C@]3(CF)CS(=O)(=O)C(C)(C)C(N)=N3)c2)nc1. The van der Waals surface area contributed by atoms with Gasteiger partial charge in [-0.15, -0.1) is 0 Å². The summed E-state index contributed by atoms with van der Waals surface area (Å²) in [7, 11) is -2.49. The van der Waals surface area contributed by atoms with Crippen LogP contribution < -0.4 is 15.8 Å². The van der Waals surface area contributed by atoms with Gasteiger partial charge in [0.15, 0.2) is 9.84 Å². The van der Waals surface area contributed by atoms with Gasteiger partial charge in [-0.1, -0.05) is 0 Å². The quantitative estimate of drug-likeness (QED) is 0.717. The van der Waals surface area contributed by atoms with Gasteiger partial charge in [-0.2, -0.15) is 0 Å². The average Bonchev–Trinajstić information content (AvgIpc) is 2.73. The fourth-order valence-corrected chi connectivity index (χ4v) is 4.77. The number of alkyl halides is 1. The molecule has 31 heavy (non-hydrogen) atoms. The molecule has 0 aliphatic carbocycles. The zero-order chi connectivity index (χ0) is 23.0. The number of aromatic nitrogens is 1. The van der Waals surface area contributed by atoms with E-state index in [-0.39, 0.29) is 22.8 Å². The Morgan fingerprint density at radius 3 is 2.55 bits per heavy atom. The van der Waals surface area contributed by atoms with Crippen LogP contribution in [0.15, 0.2) is 41.5 Å². The van der Waals surface area contributed by atoms with Gasteiger partial charge in [-0.3, -0.25) is 9.79 Å². The number of ether oxygens (including phenoxy) is 1. The van der Waals surface area contributed by atoms with Gasteiger partial charge < -0.3 is 15.8 Å². The highest BCUT2D eigenvalue weighted by atomic mass is 32.2. The highest BCUT2D eigenvalue weighted by Gasteiger charge is 2.51. The van der Waals surface area contributed by atoms with Crippen LogP contribution in [0.3, 0.4) is 0 Å². The number of halogens is 2. The van der Waals surface area contributed by atoms with E-state index in [0.29, 0.717) is 5.75 Å². The molecule has 0 bridgehead atoms. The molecule has 3 N–H and O–H groups in total. The van der Waals surface area contributed by atoms with Crippen molar-refractivity contribution in [2.75, 3.05) is 24.9 Å². The van der Waals surface area contributed by atoms with Gasteiger partial charge in [0.05, 0.1) is 19.1 Å². The van der Waals surface area contributed by atoms with E-state index in [1.807, 2.05) is 0 Å². The fourth-order valence-electron chi connectivity index (χ4n) is 3.12. The van der Waals surface area contributed by atoms with Crippen LogP contribution >= 0.6 is 0 Å². The van der Waals surface area contributed by atoms with E-state index >= 15 is 0 Å². The molecular weight excluding hydrogens is 430 g/mol. The molecule has 1 aliphatic rings. The Balaban J connectivity index is 2.00. The normalized spacial score (nSPS) is 21.8. The van der Waals surface area contributed by atoms with Gasteiger partial charge in [0.25, 0.3) is 5.91 Å². The van der Waals surface area contributed by atoms with Crippen molar-refractivity contribution < 1.29 is 26.7 Å². The number of carbonyl (C=O) groups excluding carboxylic acids is 1. The van der Waals surface area contributed by atoms with Crippen LogP contribution in [0.2, 0.25) is 0 Å². The number of amides is 1. The molecule has 166 valence electrons. The summed E-state index contributed by atoms with van der Waals surface area (Å²) in [6, 6.07) is 6.40. The van der Waals surface area contributed by atoms with Gasteiger partial charge in [0, 0.05) is 11.3 Å². The summed E-state index contributed by atoms with van der Waals surface area (Å²) in [5.41, 5.74) is 3.64. The number of nitrogens with two attached hydrogens (primary N) is 1. The van der Waals surface area contributed by atoms with E-state index in [1.165, 1.54) is 39.3 Å². The van der Waals surface area contributed by atoms with Crippen molar-refractivity contribution in [1.29, 1.82) is 0 Å². The molecule has 3 rings (SSSR count). The minimum atomic E-state index is -3.95. The Kier molecular flexibility index (Phi) is 5.74. The van der Waals surface area contributed by atoms with Crippen LogP contribution in [0.5, 0.6) is 5.75 Å². The van der Waals surface area contributed by atoms with Gasteiger partial charge >= 0.3 is 0 Å². The molecular formula is C20H22F2N4O4S. The lowest BCUT2D eigenvalue weighted by molar-refractivity contribution is 0.102. The lowest BCUT2D eigenvalue weighted by Gasteiger charge is -2.38. The minimum absolute atomic E-state index is 0.0659. The standard InChI is InChI=1S/C20H22F2N4O4S/c1-19(2)18(23)26-20(10-21,11-31(19,28)29)14-8-12(4-6-15(14)22)25-17(27)16-7-5-13(30-3)9-24-16/h4-9H,10-11H2,1-3H3,(H2,23,26)(H,25,27)/t20-/m0/s1. The zero-order valence-electron chi connectivity index (χ0n) is 17.1. The number of nitrogens with one attached hydrogen (secondary N) is 1. The molecule has 1 amide bonds. The van der Waals surface area contributed by atoms with Gasteiger partial charge in [0.2, 0.25) is 0 Å². The molecule has 0 spiro atoms. The first kappa shape index (κ1) is 22.6. The number of aliphatic imine (C=N–C) groups is 1. The number of anilines is 1. The van der Waals surface area contributed by atoms with E-state index in [9.17, 15) is 22.0 Å². The summed E-state index contributed by atoms with van der Waals surface area (Å²) >= 11 is 0. The van der Waals surface area contributed by atoms with Crippen LogP contribution in [0.25, 0.3) is 0 Å². The van der Waals surface area contributed by atoms with Crippen molar-refractivity contribution in [1.82, 2.24) is 4.98 Å². The second kappa shape index (κ2) is 7.88. The number of nitrogens with zero attached hydrogens (tertiary/aromatic N) is 2. The van der Waals surface area contributed by atoms with Crippen molar-refractivity contribution in [2.45, 2.75) is 24.1 Å². The molecule has 11 heteroatoms. The van der Waals surface area contributed by atoms with Crippen molar-refractivity contribution in [3.8, 4) is 5.75 Å². The van der Waals surface area contributed by atoms with E-state index < -0.39 is 44.3 Å². The number of rotatable bonds is 5. The lowest BCUT2D eigenvalue weighted by atomic mass is 9.92. The zero-order valence-corrected chi connectivity index (χ0v) is 18.0. The third-order valence-corrected chi connectivity index (χ3v) is 7.93. The van der Waals surface area contributed by atoms with E-state index in [1.54, 1.807) is 6.07 Å². The first-order valence-electron chi connectivity index (χ1n) is 9.21. The predicted octanol–water partition coefficient (Wildman–Crippen LogP) is 2.21. The van der Waals surface area contributed by atoms with Crippen molar-refractivity contribution in [3.05, 3.63) is 53.6 Å². The monoisotopic (exact) mass is 452 g/mol. The smallest absolute Gasteiger partial charge is 0.274 e. The topological polar surface area (TPSA) is 124 Å². The maximum atomic E-state index is 14.7. The molecule has 2 heterocycles. The summed E-state index contributed by atoms with van der Waals surface area (Å²) < 4.78 is 57.8. The maximum absolute atomic E-state index is 14.7. The molecule has 0 saturated heterocycles. The molecule has 0 saturated carbocycles. The predicted molar refractivity (Wildman–Crippen MR) is 112 cm³/mol. The Morgan fingerprint density at radius 1 is 1.29 bits per heavy atom. The second-order valence-electron chi connectivity index (χ2n) is 7.66. The maximum Gasteiger partial charge on any atom is 0.274 e. The molecule has 0 radical (unpaired) electrons. The largest absolute Gasteiger partial charge is 0.495 e. The second-order valence-corrected chi connectivity index (χ2v) is 10.2. The van der Waals surface area contributed by atoms with Gasteiger partial charge in [0.1, 0.15) is 40.1 Å². The first-order chi connectivity index (χ1) is 14.5. The molecule has 8 nitrogen and oxygen atoms in total. The molecule has 1 aromatic heterocycles. The Bertz CT molecular complexity index is 1150. The number of methoxy groups -OCH3 is 1. The third kappa shape index (κ3) is 3.97. The van der Waals surface area contributed by atoms with E-state index in [2.05, 4.69) is 15.3 Å². The number of hydrogen-bond donors (Lipinski definition) is 2. The number of hydrogen-bond acceptors (Lipinski definition) is 7. The Morgan fingerprint density at radius 2 is 2.00 bits per heavy atom. The molecule has 1 atom stereocenters. The highest BCUT2D eigenvalue weighted by molar-refractivity contribution is 7.93. The van der Waals surface area contributed by atoms with Crippen molar-refractivity contribution in [2.24, 2.45) is 10.7 Å². The summed E-state index contributed by atoms with van der Waals surface area (Å²) in [5, 5.41) is 2.53. The van der Waals surface area contributed by atoms with Gasteiger partial charge in [-0.25, -0.2) is 22.2 Å². The number of benzene rings is 1. The third-order valence-electron chi connectivity index (χ3n) is 5.31. The van der Waals surface area contributed by atoms with Gasteiger partial charge in [-0.05, 0) is 44.2 Å². The van der Waals surface area contributed by atoms with Crippen LogP contribution in [-0.4, -0.2) is 49.4 Å². The Hall–Kier alpha value is -3.08. The van der Waals surface area contributed by atoms with Crippen molar-refractivity contribution in [3.63, 3.8) is 0 Å². The van der Waals surface area contributed by atoms with Crippen LogP contribution in [0.4, 0.5) is 14.5 Å². The summed E-state index contributed by atoms with van der Waals surface area (Å²) in [6.07, 6.45) is 1.36. The fraction of sp³-hybridized carbons (Fsp3) is 0.350. The minimum Gasteiger partial charge on any atom is -0.495 e. The number of amidine groups is 1. The van der Waals surface area contributed by atoms with E-state index in [4.69, 9.17) is 10.5 Å². The number of carbonyl (C=O) groups is 1. The molecule has 0 fully saturated rings. The molecule has 1 aromatic carbocycles. The van der Waals surface area contributed by atoms with E-state index in [0.717, 1.165) is 12.1 Å². The Labute approximate surface area is 178 Å². The van der Waals surface area contributed by atoms with Crippen LogP contribution in [0.1, 0.15) is 29.9 Å². The molecule has 1 aliphatic heterocycles. The lowest BCUT2D eigenvalue weighted by Crippen LogP contribution is -2.56. The van der Waals surface area contributed by atoms with Crippen LogP contribution in [0, 0.1) is 5.82 Å². The number of pyridine rings is 1. The first-order valence-corrected chi connectivity index (χ1v) is 10.9. The van der Waals surface area contributed by atoms with Crippen molar-refractivity contribution >= 4 is 27.3 Å². The number of sulfone groups is 1. The van der Waals surface area contributed by atoms with Crippen LogP contribution in [-0.2, 0) is 15.4 Å². The highest BCUT2D eigenvalue weighted by Crippen LogP contribution is 2.39. The molecule has 2 aromatic rings. The summed E-state index contributed by atoms with van der Waals surface area (Å²) in [5.74, 6) is -2.09. The summed E-state index contributed by atoms with van der Waals surface area (Å²) in [4.78, 5) is 20.5. The molecule has 0 unspecified atom stereocenters. The summed E-state index contributed by atoms with van der Waals surface area (Å²) in [6.45, 7) is 1.42.